The summed E-state index contributed by atoms with van der Waals surface area (Å²) >= 11 is 0. The Morgan fingerprint density at radius 3 is 1.88 bits per heavy atom. The van der Waals surface area contributed by atoms with Crippen molar-refractivity contribution in [3.8, 4) is 0 Å². The lowest BCUT2D eigenvalue weighted by Gasteiger charge is -2.54. The minimum Gasteiger partial charge on any atom is -0.310 e. The Bertz CT molecular complexity index is 272. The van der Waals surface area contributed by atoms with Crippen LogP contribution in [0, 0.1) is 17.3 Å². The molecule has 0 aromatic carbocycles. The van der Waals surface area contributed by atoms with Crippen LogP contribution in [0.2, 0.25) is 0 Å². The zero-order valence-corrected chi connectivity index (χ0v) is 11.1. The quantitative estimate of drug-likeness (QED) is 0.777. The predicted octanol–water partition coefficient (Wildman–Crippen LogP) is 3.88. The van der Waals surface area contributed by atoms with E-state index in [9.17, 15) is 0 Å². The van der Waals surface area contributed by atoms with Crippen molar-refractivity contribution in [2.75, 3.05) is 0 Å². The van der Waals surface area contributed by atoms with Crippen molar-refractivity contribution in [3.05, 3.63) is 0 Å². The molecule has 0 bridgehead atoms. The van der Waals surface area contributed by atoms with Crippen LogP contribution in [0.15, 0.2) is 0 Å². The molecule has 0 saturated heterocycles. The molecule has 0 amide bonds. The number of nitrogens with one attached hydrogen (secondary N) is 1. The molecule has 1 heteroatoms. The van der Waals surface area contributed by atoms with Crippen molar-refractivity contribution in [1.29, 1.82) is 0 Å². The second-order valence-electron chi connectivity index (χ2n) is 7.38. The van der Waals surface area contributed by atoms with Crippen molar-refractivity contribution in [2.45, 2.75) is 82.7 Å². The first-order valence-corrected chi connectivity index (χ1v) is 8.13. The molecule has 1 atom stereocenters. The van der Waals surface area contributed by atoms with Gasteiger partial charge in [0, 0.05) is 12.1 Å². The van der Waals surface area contributed by atoms with Crippen LogP contribution in [0.1, 0.15) is 70.6 Å². The summed E-state index contributed by atoms with van der Waals surface area (Å²) in [5, 5.41) is 4.14. The van der Waals surface area contributed by atoms with Crippen LogP contribution in [-0.2, 0) is 0 Å². The maximum absolute atomic E-state index is 4.14. The first kappa shape index (κ1) is 10.8. The SMILES string of the molecule is C1CCC2(CC1)CCC2NC(C1CC1)C1CC1. The Morgan fingerprint density at radius 1 is 0.765 bits per heavy atom. The van der Waals surface area contributed by atoms with E-state index in [1.807, 2.05) is 0 Å². The van der Waals surface area contributed by atoms with Gasteiger partial charge in [-0.3, -0.25) is 0 Å². The molecule has 17 heavy (non-hydrogen) atoms. The molecular formula is C16H27N. The summed E-state index contributed by atoms with van der Waals surface area (Å²) in [5.41, 5.74) is 0.764. The first-order chi connectivity index (χ1) is 8.37. The maximum atomic E-state index is 4.14. The molecule has 1 N–H and O–H groups in total. The Hall–Kier alpha value is -0.0400. The van der Waals surface area contributed by atoms with Crippen LogP contribution in [0.5, 0.6) is 0 Å². The molecule has 0 radical (unpaired) electrons. The van der Waals surface area contributed by atoms with E-state index in [1.54, 1.807) is 0 Å². The van der Waals surface area contributed by atoms with Gasteiger partial charge in [-0.25, -0.2) is 0 Å². The third kappa shape index (κ3) is 1.95. The highest BCUT2D eigenvalue weighted by Gasteiger charge is 2.50. The second kappa shape index (κ2) is 3.98. The monoisotopic (exact) mass is 233 g/mol. The van der Waals surface area contributed by atoms with Crippen molar-refractivity contribution < 1.29 is 0 Å². The van der Waals surface area contributed by atoms with Gasteiger partial charge in [0.2, 0.25) is 0 Å². The van der Waals surface area contributed by atoms with Crippen molar-refractivity contribution in [1.82, 2.24) is 5.32 Å². The summed E-state index contributed by atoms with van der Waals surface area (Å²) in [6.45, 7) is 0. The lowest BCUT2D eigenvalue weighted by atomic mass is 9.57. The lowest BCUT2D eigenvalue weighted by Crippen LogP contribution is -2.57. The molecule has 0 aliphatic heterocycles. The van der Waals surface area contributed by atoms with E-state index < -0.39 is 0 Å². The molecule has 0 heterocycles. The van der Waals surface area contributed by atoms with Gasteiger partial charge in [0.15, 0.2) is 0 Å². The topological polar surface area (TPSA) is 12.0 Å². The fourth-order valence-corrected chi connectivity index (χ4v) is 4.61. The minimum atomic E-state index is 0.764. The van der Waals surface area contributed by atoms with E-state index in [2.05, 4.69) is 5.32 Å². The first-order valence-electron chi connectivity index (χ1n) is 8.13. The van der Waals surface area contributed by atoms with Crippen LogP contribution in [0.25, 0.3) is 0 Å². The Morgan fingerprint density at radius 2 is 1.41 bits per heavy atom. The molecule has 1 spiro atoms. The van der Waals surface area contributed by atoms with E-state index >= 15 is 0 Å². The molecule has 4 fully saturated rings. The zero-order valence-electron chi connectivity index (χ0n) is 11.1. The highest BCUT2D eigenvalue weighted by Crippen LogP contribution is 2.53. The molecule has 0 aromatic heterocycles. The summed E-state index contributed by atoms with van der Waals surface area (Å²) in [6.07, 6.45) is 16.7. The number of hydrogen-bond donors (Lipinski definition) is 1. The van der Waals surface area contributed by atoms with Gasteiger partial charge >= 0.3 is 0 Å². The van der Waals surface area contributed by atoms with E-state index in [4.69, 9.17) is 0 Å². The van der Waals surface area contributed by atoms with Gasteiger partial charge in [-0.2, -0.15) is 0 Å². The van der Waals surface area contributed by atoms with Gasteiger partial charge in [-0.15, -0.1) is 0 Å². The van der Waals surface area contributed by atoms with Gasteiger partial charge in [0.05, 0.1) is 0 Å². The van der Waals surface area contributed by atoms with E-state index in [-0.39, 0.29) is 0 Å². The standard InChI is InChI=1S/C16H27N/c1-2-9-16(10-3-1)11-8-14(16)17-15(12-4-5-12)13-6-7-13/h12-15,17H,1-11H2. The van der Waals surface area contributed by atoms with Crippen LogP contribution < -0.4 is 5.32 Å². The van der Waals surface area contributed by atoms with Crippen molar-refractivity contribution in [2.24, 2.45) is 17.3 Å². The number of rotatable bonds is 4. The third-order valence-electron chi connectivity index (χ3n) is 6.17. The molecule has 1 unspecified atom stereocenters. The molecule has 4 aliphatic carbocycles. The molecule has 1 nitrogen and oxygen atoms in total. The van der Waals surface area contributed by atoms with Gasteiger partial charge in [0.1, 0.15) is 0 Å². The molecule has 0 aromatic rings. The summed E-state index contributed by atoms with van der Waals surface area (Å²) in [4.78, 5) is 0. The zero-order chi connectivity index (χ0) is 11.3. The summed E-state index contributed by atoms with van der Waals surface area (Å²) in [5.74, 6) is 2.15. The largest absolute Gasteiger partial charge is 0.310 e. The molecular weight excluding hydrogens is 206 g/mol. The average Bonchev–Trinajstić information content (AvgIpc) is 3.22. The second-order valence-corrected chi connectivity index (χ2v) is 7.38. The van der Waals surface area contributed by atoms with Gasteiger partial charge in [-0.05, 0) is 68.6 Å². The fourth-order valence-electron chi connectivity index (χ4n) is 4.61. The summed E-state index contributed by atoms with van der Waals surface area (Å²) in [7, 11) is 0. The normalized spacial score (nSPS) is 36.2. The Kier molecular flexibility index (Phi) is 2.54. The Labute approximate surface area is 106 Å². The van der Waals surface area contributed by atoms with Crippen molar-refractivity contribution in [3.63, 3.8) is 0 Å². The fraction of sp³-hybridized carbons (Fsp3) is 1.00. The van der Waals surface area contributed by atoms with Gasteiger partial charge < -0.3 is 5.32 Å². The number of hydrogen-bond acceptors (Lipinski definition) is 1. The lowest BCUT2D eigenvalue weighted by molar-refractivity contribution is 0.0130. The van der Waals surface area contributed by atoms with Gasteiger partial charge in [0.25, 0.3) is 0 Å². The highest BCUT2D eigenvalue weighted by atomic mass is 15.0. The minimum absolute atomic E-state index is 0.764. The molecule has 96 valence electrons. The van der Waals surface area contributed by atoms with Crippen LogP contribution in [0.4, 0.5) is 0 Å². The molecule has 4 saturated carbocycles. The summed E-state index contributed by atoms with van der Waals surface area (Å²) < 4.78 is 0. The van der Waals surface area contributed by atoms with Crippen LogP contribution in [-0.4, -0.2) is 12.1 Å². The summed E-state index contributed by atoms with van der Waals surface area (Å²) in [6, 6.07) is 1.84. The van der Waals surface area contributed by atoms with Crippen LogP contribution in [0.3, 0.4) is 0 Å². The van der Waals surface area contributed by atoms with Crippen LogP contribution >= 0.6 is 0 Å². The maximum Gasteiger partial charge on any atom is 0.0127 e. The van der Waals surface area contributed by atoms with Gasteiger partial charge in [-0.1, -0.05) is 19.3 Å². The highest BCUT2D eigenvalue weighted by molar-refractivity contribution is 5.06. The Balaban J connectivity index is 1.40. The smallest absolute Gasteiger partial charge is 0.0127 e. The van der Waals surface area contributed by atoms with E-state index in [0.29, 0.717) is 0 Å². The molecule has 4 aliphatic rings. The predicted molar refractivity (Wildman–Crippen MR) is 70.9 cm³/mol. The third-order valence-corrected chi connectivity index (χ3v) is 6.17. The van der Waals surface area contributed by atoms with E-state index in [0.717, 1.165) is 29.3 Å². The van der Waals surface area contributed by atoms with E-state index in [1.165, 1.54) is 70.6 Å². The molecule has 4 rings (SSSR count). The average molecular weight is 233 g/mol. The van der Waals surface area contributed by atoms with Crippen molar-refractivity contribution >= 4 is 0 Å².